The van der Waals surface area contributed by atoms with Crippen LogP contribution in [0.1, 0.15) is 28.7 Å². The highest BCUT2D eigenvalue weighted by atomic mass is 16.5. The number of amides is 1. The summed E-state index contributed by atoms with van der Waals surface area (Å²) in [6.45, 7) is 3.97. The molecule has 6 nitrogen and oxygen atoms in total. The largest absolute Gasteiger partial charge is 0.497 e. The normalized spacial score (nSPS) is 10.7. The van der Waals surface area contributed by atoms with Gasteiger partial charge in [-0.2, -0.15) is 0 Å². The van der Waals surface area contributed by atoms with Crippen LogP contribution in [-0.2, 0) is 6.42 Å². The lowest BCUT2D eigenvalue weighted by atomic mass is 10.2. The Morgan fingerprint density at radius 2 is 2.04 bits per heavy atom. The van der Waals surface area contributed by atoms with Gasteiger partial charge in [-0.15, -0.1) is 0 Å². The van der Waals surface area contributed by atoms with Gasteiger partial charge in [0.05, 0.1) is 25.6 Å². The first-order chi connectivity index (χ1) is 12.1. The maximum atomic E-state index is 13.0. The average Bonchev–Trinajstić information content (AvgIpc) is 3.01. The predicted octanol–water partition coefficient (Wildman–Crippen LogP) is 3.47. The van der Waals surface area contributed by atoms with Gasteiger partial charge in [0.1, 0.15) is 22.8 Å². The number of carbonyl (C=O) groups is 1. The Kier molecular flexibility index (Phi) is 4.61. The van der Waals surface area contributed by atoms with Gasteiger partial charge in [0.15, 0.2) is 0 Å². The maximum Gasteiger partial charge on any atom is 0.274 e. The SMILES string of the molecule is CCc1nc2c(C)cccn2c1C(=O)Nc1cc(OC)ccc1OC. The topological polar surface area (TPSA) is 64.9 Å². The highest BCUT2D eigenvalue weighted by Gasteiger charge is 2.20. The van der Waals surface area contributed by atoms with Crippen LogP contribution in [0, 0.1) is 6.92 Å². The van der Waals surface area contributed by atoms with Gasteiger partial charge in [-0.1, -0.05) is 13.0 Å². The smallest absolute Gasteiger partial charge is 0.274 e. The lowest BCUT2D eigenvalue weighted by Gasteiger charge is -2.12. The summed E-state index contributed by atoms with van der Waals surface area (Å²) in [5.41, 5.74) is 3.66. The van der Waals surface area contributed by atoms with Crippen LogP contribution in [0.5, 0.6) is 11.5 Å². The molecule has 3 rings (SSSR count). The molecule has 6 heteroatoms. The summed E-state index contributed by atoms with van der Waals surface area (Å²) in [6.07, 6.45) is 2.52. The summed E-state index contributed by atoms with van der Waals surface area (Å²) in [7, 11) is 3.14. The molecular formula is C19H21N3O3. The number of pyridine rings is 1. The number of fused-ring (bicyclic) bond motifs is 1. The van der Waals surface area contributed by atoms with E-state index in [4.69, 9.17) is 9.47 Å². The van der Waals surface area contributed by atoms with Crippen LogP contribution in [0.25, 0.3) is 5.65 Å². The Hall–Kier alpha value is -3.02. The van der Waals surface area contributed by atoms with Crippen molar-refractivity contribution in [3.8, 4) is 11.5 Å². The molecule has 2 aromatic heterocycles. The first-order valence-electron chi connectivity index (χ1n) is 8.09. The number of ether oxygens (including phenoxy) is 2. The molecule has 0 aliphatic carbocycles. The minimum atomic E-state index is -0.235. The van der Waals surface area contributed by atoms with E-state index in [1.165, 1.54) is 0 Å². The predicted molar refractivity (Wildman–Crippen MR) is 96.8 cm³/mol. The number of rotatable bonds is 5. The third-order valence-electron chi connectivity index (χ3n) is 4.12. The van der Waals surface area contributed by atoms with E-state index in [1.54, 1.807) is 32.4 Å². The molecule has 0 saturated carbocycles. The Labute approximate surface area is 146 Å². The van der Waals surface area contributed by atoms with E-state index < -0.39 is 0 Å². The number of hydrogen-bond acceptors (Lipinski definition) is 4. The van der Waals surface area contributed by atoms with Gasteiger partial charge in [0, 0.05) is 12.3 Å². The van der Waals surface area contributed by atoms with E-state index >= 15 is 0 Å². The van der Waals surface area contributed by atoms with E-state index in [0.717, 1.165) is 16.9 Å². The van der Waals surface area contributed by atoms with Crippen molar-refractivity contribution < 1.29 is 14.3 Å². The molecule has 1 N–H and O–H groups in total. The molecular weight excluding hydrogens is 318 g/mol. The van der Waals surface area contributed by atoms with Crippen molar-refractivity contribution in [1.82, 2.24) is 9.38 Å². The number of carbonyl (C=O) groups excluding carboxylic acids is 1. The summed E-state index contributed by atoms with van der Waals surface area (Å²) in [4.78, 5) is 17.6. The molecule has 1 amide bonds. The second-order valence-electron chi connectivity index (χ2n) is 5.67. The molecule has 1 aromatic carbocycles. The van der Waals surface area contributed by atoms with Crippen LogP contribution in [0.4, 0.5) is 5.69 Å². The second-order valence-corrected chi connectivity index (χ2v) is 5.67. The van der Waals surface area contributed by atoms with Crippen molar-refractivity contribution in [1.29, 1.82) is 0 Å². The van der Waals surface area contributed by atoms with E-state index in [-0.39, 0.29) is 5.91 Å². The molecule has 3 aromatic rings. The fourth-order valence-electron chi connectivity index (χ4n) is 2.83. The van der Waals surface area contributed by atoms with Crippen molar-refractivity contribution in [2.45, 2.75) is 20.3 Å². The van der Waals surface area contributed by atoms with Crippen molar-refractivity contribution in [3.05, 3.63) is 53.5 Å². The van der Waals surface area contributed by atoms with Crippen LogP contribution in [0.3, 0.4) is 0 Å². The van der Waals surface area contributed by atoms with Gasteiger partial charge in [0.2, 0.25) is 0 Å². The van der Waals surface area contributed by atoms with Crippen LogP contribution < -0.4 is 14.8 Å². The Balaban J connectivity index is 2.05. The summed E-state index contributed by atoms with van der Waals surface area (Å²) in [6, 6.07) is 9.16. The minimum Gasteiger partial charge on any atom is -0.497 e. The number of aromatic nitrogens is 2. The summed E-state index contributed by atoms with van der Waals surface area (Å²) in [5.74, 6) is 0.972. The van der Waals surface area contributed by atoms with Gasteiger partial charge in [-0.25, -0.2) is 4.98 Å². The maximum absolute atomic E-state index is 13.0. The molecule has 130 valence electrons. The quantitative estimate of drug-likeness (QED) is 0.773. The Morgan fingerprint density at radius 1 is 1.24 bits per heavy atom. The molecule has 0 radical (unpaired) electrons. The number of methoxy groups -OCH3 is 2. The lowest BCUT2D eigenvalue weighted by Crippen LogP contribution is -2.17. The van der Waals surface area contributed by atoms with Crippen LogP contribution >= 0.6 is 0 Å². The van der Waals surface area contributed by atoms with Crippen LogP contribution in [-0.4, -0.2) is 29.5 Å². The standard InChI is InChI=1S/C19H21N3O3/c1-5-14-17(22-10-6-7-12(2)18(22)20-14)19(23)21-15-11-13(24-3)8-9-16(15)25-4/h6-11H,5H2,1-4H3,(H,21,23). The Bertz CT molecular complexity index is 931. The molecule has 0 bridgehead atoms. The summed E-state index contributed by atoms with van der Waals surface area (Å²) >= 11 is 0. The first-order valence-corrected chi connectivity index (χ1v) is 8.09. The summed E-state index contributed by atoms with van der Waals surface area (Å²) in [5, 5.41) is 2.92. The van der Waals surface area contributed by atoms with Crippen molar-refractivity contribution in [3.63, 3.8) is 0 Å². The zero-order chi connectivity index (χ0) is 18.0. The number of nitrogens with zero attached hydrogens (tertiary/aromatic N) is 2. The van der Waals surface area contributed by atoms with Crippen molar-refractivity contribution in [2.75, 3.05) is 19.5 Å². The monoisotopic (exact) mass is 339 g/mol. The molecule has 0 aliphatic heterocycles. The third-order valence-corrected chi connectivity index (χ3v) is 4.12. The van der Waals surface area contributed by atoms with Crippen LogP contribution in [0.2, 0.25) is 0 Å². The van der Waals surface area contributed by atoms with Gasteiger partial charge < -0.3 is 14.8 Å². The van der Waals surface area contributed by atoms with E-state index in [1.807, 2.05) is 36.6 Å². The number of nitrogens with one attached hydrogen (secondary N) is 1. The van der Waals surface area contributed by atoms with E-state index in [9.17, 15) is 4.79 Å². The molecule has 0 unspecified atom stereocenters. The van der Waals surface area contributed by atoms with Gasteiger partial charge in [0.25, 0.3) is 5.91 Å². The first kappa shape index (κ1) is 16.8. The van der Waals surface area contributed by atoms with Gasteiger partial charge in [-0.3, -0.25) is 9.20 Å². The number of benzene rings is 1. The summed E-state index contributed by atoms with van der Waals surface area (Å²) < 4.78 is 12.4. The third kappa shape index (κ3) is 3.03. The van der Waals surface area contributed by atoms with Crippen LogP contribution in [0.15, 0.2) is 36.5 Å². The fourth-order valence-corrected chi connectivity index (χ4v) is 2.83. The highest BCUT2D eigenvalue weighted by molar-refractivity contribution is 6.05. The lowest BCUT2D eigenvalue weighted by molar-refractivity contribution is 0.102. The van der Waals surface area contributed by atoms with Gasteiger partial charge >= 0.3 is 0 Å². The number of imidazole rings is 1. The number of aryl methyl sites for hydroxylation is 2. The molecule has 25 heavy (non-hydrogen) atoms. The zero-order valence-electron chi connectivity index (χ0n) is 14.8. The second kappa shape index (κ2) is 6.84. The fraction of sp³-hybridized carbons (Fsp3) is 0.263. The highest BCUT2D eigenvalue weighted by Crippen LogP contribution is 2.29. The number of anilines is 1. The van der Waals surface area contributed by atoms with Crippen molar-refractivity contribution >= 4 is 17.2 Å². The van der Waals surface area contributed by atoms with E-state index in [2.05, 4.69) is 10.3 Å². The van der Waals surface area contributed by atoms with Crippen molar-refractivity contribution in [2.24, 2.45) is 0 Å². The molecule has 0 fully saturated rings. The molecule has 2 heterocycles. The minimum absolute atomic E-state index is 0.235. The van der Waals surface area contributed by atoms with Gasteiger partial charge in [-0.05, 0) is 37.1 Å². The van der Waals surface area contributed by atoms with E-state index in [0.29, 0.717) is 29.3 Å². The zero-order valence-corrected chi connectivity index (χ0v) is 14.8. The molecule has 0 saturated heterocycles. The molecule has 0 atom stereocenters. The Morgan fingerprint density at radius 3 is 2.72 bits per heavy atom. The molecule has 0 aliphatic rings. The molecule has 0 spiro atoms. The average molecular weight is 339 g/mol. The number of hydrogen-bond donors (Lipinski definition) is 1.